The number of amides is 2. The Balaban J connectivity index is 1.43. The van der Waals surface area contributed by atoms with E-state index in [1.165, 1.54) is 7.11 Å². The third-order valence-corrected chi connectivity index (χ3v) is 7.33. The molecule has 10 heteroatoms. The molecule has 9 nitrogen and oxygen atoms in total. The summed E-state index contributed by atoms with van der Waals surface area (Å²) in [4.78, 5) is 41.9. The van der Waals surface area contributed by atoms with Crippen molar-refractivity contribution in [3.05, 3.63) is 35.9 Å². The molecule has 196 valence electrons. The fourth-order valence-electron chi connectivity index (χ4n) is 5.24. The summed E-state index contributed by atoms with van der Waals surface area (Å²) in [7, 11) is 2.29. The Kier molecular flexibility index (Phi) is 11.5. The Hall–Kier alpha value is -2.59. The van der Waals surface area contributed by atoms with Gasteiger partial charge in [0.1, 0.15) is 0 Å². The Morgan fingerprint density at radius 3 is 2.56 bits per heavy atom. The van der Waals surface area contributed by atoms with E-state index in [-0.39, 0.29) is 42.7 Å². The monoisotopic (exact) mass is 498 g/mol. The number of esters is 1. The van der Waals surface area contributed by atoms with Crippen molar-refractivity contribution in [2.45, 2.75) is 57.0 Å². The number of hydrogen-bond donors (Lipinski definition) is 2. The van der Waals surface area contributed by atoms with Gasteiger partial charge in [-0.15, -0.1) is 0 Å². The molecular formula is C26H39BN4O5. The average Bonchev–Trinajstić information content (AvgIpc) is 2.91. The molecule has 3 rings (SSSR count). The van der Waals surface area contributed by atoms with Crippen LogP contribution in [0.1, 0.15) is 44.1 Å². The predicted octanol–water partition coefficient (Wildman–Crippen LogP) is 0.967. The van der Waals surface area contributed by atoms with Crippen LogP contribution in [0.4, 0.5) is 0 Å². The third-order valence-electron chi connectivity index (χ3n) is 7.33. The average molecular weight is 498 g/mol. The Morgan fingerprint density at radius 2 is 1.86 bits per heavy atom. The van der Waals surface area contributed by atoms with Gasteiger partial charge < -0.3 is 10.1 Å². The SMILES string of the molecule is COC(=O)C[C@@H](CCc1ccccc1)NC(=O)CNC(=O)C1CCCC(N2CCN(CB=O)CC2)C1. The number of benzene rings is 1. The molecule has 3 atom stereocenters. The summed E-state index contributed by atoms with van der Waals surface area (Å²) in [6.45, 7) is 3.49. The van der Waals surface area contributed by atoms with Gasteiger partial charge in [-0.25, -0.2) is 0 Å². The minimum atomic E-state index is -0.377. The van der Waals surface area contributed by atoms with Crippen LogP contribution in [-0.2, 0) is 30.2 Å². The van der Waals surface area contributed by atoms with Crippen molar-refractivity contribution in [1.29, 1.82) is 0 Å². The quantitative estimate of drug-likeness (QED) is 0.327. The third kappa shape index (κ3) is 9.13. The van der Waals surface area contributed by atoms with Crippen molar-refractivity contribution >= 4 is 24.9 Å². The van der Waals surface area contributed by atoms with E-state index in [9.17, 15) is 19.1 Å². The molecule has 1 saturated carbocycles. The maximum absolute atomic E-state index is 12.9. The van der Waals surface area contributed by atoms with E-state index in [4.69, 9.17) is 4.74 Å². The molecule has 2 amide bonds. The number of aryl methyl sites for hydroxylation is 1. The molecule has 2 aliphatic rings. The molecule has 36 heavy (non-hydrogen) atoms. The molecule has 1 aliphatic heterocycles. The van der Waals surface area contributed by atoms with Crippen LogP contribution in [0.3, 0.4) is 0 Å². The first kappa shape index (κ1) is 28.0. The van der Waals surface area contributed by atoms with Crippen molar-refractivity contribution < 1.29 is 23.8 Å². The van der Waals surface area contributed by atoms with Crippen LogP contribution < -0.4 is 10.6 Å². The fourth-order valence-corrected chi connectivity index (χ4v) is 5.24. The van der Waals surface area contributed by atoms with Gasteiger partial charge in [0.05, 0.1) is 13.5 Å². The van der Waals surface area contributed by atoms with Crippen LogP contribution in [0.25, 0.3) is 0 Å². The number of hydrogen-bond acceptors (Lipinski definition) is 7. The van der Waals surface area contributed by atoms with Crippen LogP contribution >= 0.6 is 0 Å². The van der Waals surface area contributed by atoms with Crippen molar-refractivity contribution in [3.8, 4) is 0 Å². The zero-order valence-corrected chi connectivity index (χ0v) is 21.3. The van der Waals surface area contributed by atoms with Gasteiger partial charge in [-0.2, -0.15) is 0 Å². The number of piperazine rings is 1. The minimum absolute atomic E-state index is 0.0803. The summed E-state index contributed by atoms with van der Waals surface area (Å²) in [5, 5.41) is 5.71. The Morgan fingerprint density at radius 1 is 1.11 bits per heavy atom. The summed E-state index contributed by atoms with van der Waals surface area (Å²) in [5.41, 5.74) is 1.13. The molecule has 1 aromatic rings. The second-order valence-corrected chi connectivity index (χ2v) is 9.81. The molecule has 2 fully saturated rings. The number of ether oxygens (including phenoxy) is 1. The number of carbonyl (C=O) groups is 3. The number of carbonyl (C=O) groups excluding carboxylic acids is 3. The molecule has 1 aromatic carbocycles. The van der Waals surface area contributed by atoms with Gasteiger partial charge in [0, 0.05) is 6.04 Å². The molecule has 1 heterocycles. The number of methoxy groups -OCH3 is 1. The predicted molar refractivity (Wildman–Crippen MR) is 137 cm³/mol. The normalized spacial score (nSPS) is 21.7. The van der Waals surface area contributed by atoms with Crippen LogP contribution in [0.15, 0.2) is 30.3 Å². The summed E-state index contributed by atoms with van der Waals surface area (Å²) in [6.07, 6.45) is 5.59. The zero-order chi connectivity index (χ0) is 25.8. The van der Waals surface area contributed by atoms with Crippen molar-refractivity contribution in [2.24, 2.45) is 5.92 Å². The van der Waals surface area contributed by atoms with E-state index < -0.39 is 0 Å². The van der Waals surface area contributed by atoms with Gasteiger partial charge in [-0.3, -0.25) is 9.59 Å². The Labute approximate surface area is 214 Å². The first-order valence-electron chi connectivity index (χ1n) is 13.1. The van der Waals surface area contributed by atoms with Gasteiger partial charge in [0.25, 0.3) is 0 Å². The second kappa shape index (κ2) is 14.8. The summed E-state index contributed by atoms with van der Waals surface area (Å²) < 4.78 is 15.5. The zero-order valence-electron chi connectivity index (χ0n) is 21.3. The van der Waals surface area contributed by atoms with Crippen molar-refractivity contribution in [1.82, 2.24) is 20.4 Å². The van der Waals surface area contributed by atoms with E-state index in [1.54, 1.807) is 0 Å². The van der Waals surface area contributed by atoms with Crippen LogP contribution in [-0.4, -0.2) is 93.1 Å². The first-order valence-corrected chi connectivity index (χ1v) is 13.1. The van der Waals surface area contributed by atoms with E-state index >= 15 is 0 Å². The summed E-state index contributed by atoms with van der Waals surface area (Å²) in [6, 6.07) is 9.90. The standard InChI is InChI=1S/C26H39BN4O5/c1-36-25(33)17-22(11-10-20-6-3-2-4-7-20)29-24(32)18-28-26(34)21-8-5-9-23(16-21)31-14-12-30(13-15-31)19-27-35/h2-4,6-7,21-23H,5,8-19H2,1H3,(H,28,34)(H,29,32)/t21?,22-,23?/m1/s1. The molecule has 0 spiro atoms. The number of rotatable bonds is 12. The molecular weight excluding hydrogens is 459 g/mol. The molecule has 0 bridgehead atoms. The Bertz CT molecular complexity index is 863. The van der Waals surface area contributed by atoms with Crippen molar-refractivity contribution in [2.75, 3.05) is 46.3 Å². The topological polar surface area (TPSA) is 108 Å². The summed E-state index contributed by atoms with van der Waals surface area (Å²) in [5.74, 6) is -0.863. The van der Waals surface area contributed by atoms with Gasteiger partial charge >= 0.3 is 126 Å². The van der Waals surface area contributed by atoms with Gasteiger partial charge in [0.15, 0.2) is 0 Å². The van der Waals surface area contributed by atoms with E-state index in [2.05, 4.69) is 20.4 Å². The number of nitrogens with one attached hydrogen (secondary N) is 2. The molecule has 2 N–H and O–H groups in total. The van der Waals surface area contributed by atoms with Crippen LogP contribution in [0, 0.1) is 5.92 Å². The fraction of sp³-hybridized carbons (Fsp3) is 0.654. The maximum atomic E-state index is 12.9. The van der Waals surface area contributed by atoms with Gasteiger partial charge in [-0.05, 0) is 18.4 Å². The van der Waals surface area contributed by atoms with Gasteiger partial charge in [0.2, 0.25) is 0 Å². The van der Waals surface area contributed by atoms with Crippen LogP contribution in [0.2, 0.25) is 0 Å². The number of nitrogens with zero attached hydrogens (tertiary/aromatic N) is 2. The molecule has 1 aliphatic carbocycles. The van der Waals surface area contributed by atoms with E-state index in [0.717, 1.165) is 71.0 Å². The molecule has 1 saturated heterocycles. The van der Waals surface area contributed by atoms with Gasteiger partial charge in [-0.1, -0.05) is 30.3 Å². The first-order chi connectivity index (χ1) is 17.5. The second-order valence-electron chi connectivity index (χ2n) is 9.81. The van der Waals surface area contributed by atoms with Crippen LogP contribution in [0.5, 0.6) is 0 Å². The van der Waals surface area contributed by atoms with Crippen molar-refractivity contribution in [3.63, 3.8) is 0 Å². The summed E-state index contributed by atoms with van der Waals surface area (Å²) >= 11 is 0. The van der Waals surface area contributed by atoms with E-state index in [1.807, 2.05) is 30.3 Å². The van der Waals surface area contributed by atoms with E-state index in [0.29, 0.717) is 18.9 Å². The molecule has 2 unspecified atom stereocenters. The molecule has 0 aromatic heterocycles. The molecule has 0 radical (unpaired) electrons.